The summed E-state index contributed by atoms with van der Waals surface area (Å²) in [4.78, 5) is 0. The Labute approximate surface area is 178 Å². The van der Waals surface area contributed by atoms with E-state index in [4.69, 9.17) is 23.2 Å². The van der Waals surface area contributed by atoms with Crippen LogP contribution in [0, 0.1) is 0 Å². The molecule has 0 fully saturated rings. The second-order valence-electron chi connectivity index (χ2n) is 9.65. The lowest BCUT2D eigenvalue weighted by molar-refractivity contribution is 0.317. The highest BCUT2D eigenvalue weighted by molar-refractivity contribution is 6.46. The van der Waals surface area contributed by atoms with Gasteiger partial charge in [0.25, 0.3) is 0 Å². The smallest absolute Gasteiger partial charge is 0.123 e. The Morgan fingerprint density at radius 2 is 1.50 bits per heavy atom. The summed E-state index contributed by atoms with van der Waals surface area (Å²) in [5.74, 6) is 0.368. The van der Waals surface area contributed by atoms with Gasteiger partial charge in [-0.1, -0.05) is 82.0 Å². The van der Waals surface area contributed by atoms with Crippen molar-refractivity contribution in [3.63, 3.8) is 0 Å². The molecule has 0 amide bonds. The summed E-state index contributed by atoms with van der Waals surface area (Å²) in [6, 6.07) is 4.11. The molecule has 2 N–H and O–H groups in total. The highest BCUT2D eigenvalue weighted by Crippen LogP contribution is 2.41. The molecule has 0 spiro atoms. The van der Waals surface area contributed by atoms with E-state index in [1.165, 1.54) is 0 Å². The van der Waals surface area contributed by atoms with Crippen LogP contribution in [0.15, 0.2) is 38.5 Å². The van der Waals surface area contributed by atoms with Gasteiger partial charge in [-0.3, -0.25) is 0 Å². The molecule has 0 atom stereocenters. The summed E-state index contributed by atoms with van der Waals surface area (Å²) in [6.45, 7) is 14.5. The van der Waals surface area contributed by atoms with E-state index in [0.29, 0.717) is 40.8 Å². The Kier molecular flexibility index (Phi) is 6.62. The third-order valence-electron chi connectivity index (χ3n) is 5.18. The first-order chi connectivity index (χ1) is 12.8. The first kappa shape index (κ1) is 22.8. The van der Waals surface area contributed by atoms with Crippen molar-refractivity contribution in [2.24, 2.45) is 5.16 Å². The molecule has 0 heterocycles. The first-order valence-electron chi connectivity index (χ1n) is 9.59. The largest absolute Gasteiger partial charge is 0.507 e. The van der Waals surface area contributed by atoms with E-state index in [0.717, 1.165) is 27.8 Å². The van der Waals surface area contributed by atoms with Gasteiger partial charge >= 0.3 is 0 Å². The number of rotatable bonds is 4. The van der Waals surface area contributed by atoms with Gasteiger partial charge in [0.05, 0.1) is 15.8 Å². The third kappa shape index (κ3) is 4.75. The monoisotopic (exact) mass is 423 g/mol. The summed E-state index contributed by atoms with van der Waals surface area (Å²) in [5.41, 5.74) is 4.92. The van der Waals surface area contributed by atoms with Gasteiger partial charge in [0, 0.05) is 5.57 Å². The molecule has 0 bridgehead atoms. The molecule has 1 aromatic carbocycles. The quantitative estimate of drug-likeness (QED) is 0.306. The van der Waals surface area contributed by atoms with Crippen molar-refractivity contribution < 1.29 is 10.3 Å². The standard InChI is InChI=1S/C23H31Cl2NO2/c1-13-10-15(20(25)19(13)24)18(26-28)9-8-14-11-16(22(2,3)4)21(27)17(12-14)23(5,6)7/h11-12,27-28H,8-10H2,1-7H3/b26-18-. The van der Waals surface area contributed by atoms with Gasteiger partial charge in [-0.05, 0) is 59.3 Å². The fourth-order valence-electron chi connectivity index (χ4n) is 3.47. The molecule has 5 heteroatoms. The Bertz CT molecular complexity index is 831. The second kappa shape index (κ2) is 8.12. The number of hydrogen-bond donors (Lipinski definition) is 2. The number of allylic oxidation sites excluding steroid dienone is 4. The summed E-state index contributed by atoms with van der Waals surface area (Å²) in [5, 5.41) is 25.0. The van der Waals surface area contributed by atoms with Gasteiger partial charge in [-0.15, -0.1) is 0 Å². The van der Waals surface area contributed by atoms with Crippen LogP contribution in [0.25, 0.3) is 0 Å². The molecular weight excluding hydrogens is 393 g/mol. The molecule has 0 unspecified atom stereocenters. The summed E-state index contributed by atoms with van der Waals surface area (Å²) in [6.07, 6.45) is 1.82. The van der Waals surface area contributed by atoms with Crippen LogP contribution >= 0.6 is 23.2 Å². The van der Waals surface area contributed by atoms with E-state index in [2.05, 4.69) is 58.8 Å². The van der Waals surface area contributed by atoms with Crippen molar-refractivity contribution in [2.75, 3.05) is 0 Å². The van der Waals surface area contributed by atoms with Crippen LogP contribution in [0.4, 0.5) is 0 Å². The summed E-state index contributed by atoms with van der Waals surface area (Å²) >= 11 is 12.5. The SMILES string of the molecule is CC1=C(Cl)C(Cl)=C(/C(CCc2cc(C(C)(C)C)c(O)c(C(C)(C)C)c2)=N\O)C1. The number of aryl methyl sites for hydroxylation is 1. The topological polar surface area (TPSA) is 52.8 Å². The predicted octanol–water partition coefficient (Wildman–Crippen LogP) is 7.16. The van der Waals surface area contributed by atoms with Crippen LogP contribution in [0.3, 0.4) is 0 Å². The zero-order valence-electron chi connectivity index (χ0n) is 17.9. The zero-order valence-corrected chi connectivity index (χ0v) is 19.4. The number of phenols is 1. The zero-order chi connectivity index (χ0) is 21.4. The van der Waals surface area contributed by atoms with Gasteiger partial charge in [-0.2, -0.15) is 0 Å². The van der Waals surface area contributed by atoms with Crippen LogP contribution < -0.4 is 0 Å². The van der Waals surface area contributed by atoms with Crippen molar-refractivity contribution in [1.82, 2.24) is 0 Å². The maximum atomic E-state index is 10.9. The minimum Gasteiger partial charge on any atom is -0.507 e. The van der Waals surface area contributed by atoms with E-state index in [1.807, 2.05) is 6.92 Å². The minimum absolute atomic E-state index is 0.181. The van der Waals surface area contributed by atoms with Crippen LogP contribution in [-0.4, -0.2) is 16.0 Å². The predicted molar refractivity (Wildman–Crippen MR) is 119 cm³/mol. The van der Waals surface area contributed by atoms with Gasteiger partial charge in [0.15, 0.2) is 0 Å². The molecule has 154 valence electrons. The number of hydrogen-bond acceptors (Lipinski definition) is 3. The molecule has 0 radical (unpaired) electrons. The van der Waals surface area contributed by atoms with E-state index in [-0.39, 0.29) is 10.8 Å². The maximum absolute atomic E-state index is 10.9. The number of oxime groups is 1. The highest BCUT2D eigenvalue weighted by Gasteiger charge is 2.27. The third-order valence-corrected chi connectivity index (χ3v) is 6.20. The van der Waals surface area contributed by atoms with Crippen LogP contribution in [0.5, 0.6) is 5.75 Å². The van der Waals surface area contributed by atoms with Crippen LogP contribution in [0.2, 0.25) is 0 Å². The number of phenolic OH excluding ortho intramolecular Hbond substituents is 1. The van der Waals surface area contributed by atoms with Gasteiger partial charge < -0.3 is 10.3 Å². The van der Waals surface area contributed by atoms with Gasteiger partial charge in [0.2, 0.25) is 0 Å². The minimum atomic E-state index is -0.181. The maximum Gasteiger partial charge on any atom is 0.123 e. The normalized spacial score (nSPS) is 16.4. The summed E-state index contributed by atoms with van der Waals surface area (Å²) in [7, 11) is 0. The van der Waals surface area contributed by atoms with Gasteiger partial charge in [-0.25, -0.2) is 0 Å². The van der Waals surface area contributed by atoms with Gasteiger partial charge in [0.1, 0.15) is 5.75 Å². The Morgan fingerprint density at radius 1 is 1.00 bits per heavy atom. The number of nitrogens with zero attached hydrogens (tertiary/aromatic N) is 1. The molecule has 3 nitrogen and oxygen atoms in total. The molecular formula is C23H31Cl2NO2. The lowest BCUT2D eigenvalue weighted by Gasteiger charge is -2.28. The van der Waals surface area contributed by atoms with E-state index in [1.54, 1.807) is 0 Å². The molecule has 28 heavy (non-hydrogen) atoms. The fourth-order valence-corrected chi connectivity index (χ4v) is 3.99. The number of aromatic hydroxyl groups is 1. The van der Waals surface area contributed by atoms with Crippen molar-refractivity contribution >= 4 is 28.9 Å². The van der Waals surface area contributed by atoms with Crippen LogP contribution in [-0.2, 0) is 17.3 Å². The molecule has 1 aromatic rings. The average Bonchev–Trinajstić information content (AvgIpc) is 2.82. The molecule has 1 aliphatic rings. The molecule has 0 aromatic heterocycles. The second-order valence-corrected chi connectivity index (χ2v) is 10.4. The Hall–Kier alpha value is -1.45. The van der Waals surface area contributed by atoms with Crippen molar-refractivity contribution in [2.45, 2.75) is 78.6 Å². The molecule has 1 aliphatic carbocycles. The molecule has 0 saturated carbocycles. The van der Waals surface area contributed by atoms with E-state index >= 15 is 0 Å². The first-order valence-corrected chi connectivity index (χ1v) is 10.4. The van der Waals surface area contributed by atoms with E-state index < -0.39 is 0 Å². The lowest BCUT2D eigenvalue weighted by atomic mass is 9.78. The van der Waals surface area contributed by atoms with Crippen LogP contribution in [0.1, 0.15) is 78.0 Å². The van der Waals surface area contributed by atoms with Crippen molar-refractivity contribution in [3.8, 4) is 5.75 Å². The highest BCUT2D eigenvalue weighted by atomic mass is 35.5. The number of benzene rings is 1. The molecule has 2 rings (SSSR count). The Balaban J connectivity index is 2.37. The fraction of sp³-hybridized carbons (Fsp3) is 0.522. The average molecular weight is 424 g/mol. The lowest BCUT2D eigenvalue weighted by Crippen LogP contribution is -2.18. The summed E-state index contributed by atoms with van der Waals surface area (Å²) < 4.78 is 0. The Morgan fingerprint density at radius 3 is 1.86 bits per heavy atom. The van der Waals surface area contributed by atoms with Crippen molar-refractivity contribution in [1.29, 1.82) is 0 Å². The van der Waals surface area contributed by atoms with E-state index in [9.17, 15) is 10.3 Å². The number of halogens is 2. The molecule has 0 aliphatic heterocycles. The molecule has 0 saturated heterocycles. The van der Waals surface area contributed by atoms with Crippen molar-refractivity contribution in [3.05, 3.63) is 50.0 Å².